The molecule has 3 heteroatoms. The van der Waals surface area contributed by atoms with Crippen LogP contribution in [0.15, 0.2) is 53.4 Å². The summed E-state index contributed by atoms with van der Waals surface area (Å²) in [6.45, 7) is 7.12. The molecule has 17 heavy (non-hydrogen) atoms. The Labute approximate surface area is 110 Å². The van der Waals surface area contributed by atoms with E-state index >= 15 is 0 Å². The molecule has 0 amide bonds. The van der Waals surface area contributed by atoms with Gasteiger partial charge in [0.2, 0.25) is 5.69 Å². The summed E-state index contributed by atoms with van der Waals surface area (Å²) in [6, 6.07) is 15.7. The van der Waals surface area contributed by atoms with E-state index in [0.717, 1.165) is 10.6 Å². The van der Waals surface area contributed by atoms with Gasteiger partial charge in [0, 0.05) is 15.7 Å². The highest BCUT2D eigenvalue weighted by Gasteiger charge is 2.04. The van der Waals surface area contributed by atoms with Crippen molar-refractivity contribution in [3.05, 3.63) is 70.5 Å². The van der Waals surface area contributed by atoms with Crippen LogP contribution in [0.3, 0.4) is 0 Å². The number of thioether (sulfide) groups is 1. The first kappa shape index (κ1) is 12.0. The summed E-state index contributed by atoms with van der Waals surface area (Å²) in [4.78, 5) is 4.47. The van der Waals surface area contributed by atoms with E-state index in [1.165, 1.54) is 5.56 Å². The van der Waals surface area contributed by atoms with Crippen molar-refractivity contribution in [2.45, 2.75) is 10.6 Å². The fourth-order valence-electron chi connectivity index (χ4n) is 1.44. The lowest BCUT2D eigenvalue weighted by molar-refractivity contribution is 1.39. The quantitative estimate of drug-likeness (QED) is 0.543. The van der Waals surface area contributed by atoms with Gasteiger partial charge >= 0.3 is 0 Å². The molecule has 0 radical (unpaired) electrons. The Balaban J connectivity index is 2.12. The minimum atomic E-state index is 0.611. The van der Waals surface area contributed by atoms with Crippen LogP contribution in [0.5, 0.6) is 0 Å². The molecule has 2 aromatic carbocycles. The van der Waals surface area contributed by atoms with Crippen molar-refractivity contribution in [1.29, 1.82) is 0 Å². The molecule has 1 nitrogen and oxygen atoms in total. The Bertz CT molecular complexity index is 546. The molecule has 0 bridgehead atoms. The van der Waals surface area contributed by atoms with Crippen LogP contribution in [0, 0.1) is 6.57 Å². The van der Waals surface area contributed by atoms with E-state index < -0.39 is 0 Å². The highest BCUT2D eigenvalue weighted by Crippen LogP contribution is 2.33. The Morgan fingerprint density at radius 1 is 1.12 bits per heavy atom. The van der Waals surface area contributed by atoms with E-state index in [2.05, 4.69) is 17.0 Å². The smallest absolute Gasteiger partial charge is 0.201 e. The van der Waals surface area contributed by atoms with E-state index in [1.54, 1.807) is 17.8 Å². The molecule has 0 saturated carbocycles. The summed E-state index contributed by atoms with van der Waals surface area (Å²) in [5.74, 6) is 0.866. The Kier molecular flexibility index (Phi) is 4.08. The summed E-state index contributed by atoms with van der Waals surface area (Å²) in [7, 11) is 0. The van der Waals surface area contributed by atoms with Gasteiger partial charge in [-0.25, -0.2) is 4.85 Å². The Morgan fingerprint density at radius 2 is 1.88 bits per heavy atom. The van der Waals surface area contributed by atoms with Crippen molar-refractivity contribution >= 4 is 29.1 Å². The largest absolute Gasteiger partial charge is 0.237 e. The normalized spacial score (nSPS) is 9.88. The zero-order valence-corrected chi connectivity index (χ0v) is 10.6. The molecule has 0 saturated heterocycles. The summed E-state index contributed by atoms with van der Waals surface area (Å²) in [6.07, 6.45) is 0. The van der Waals surface area contributed by atoms with Gasteiger partial charge in [0.05, 0.1) is 6.57 Å². The van der Waals surface area contributed by atoms with Crippen LogP contribution >= 0.6 is 23.4 Å². The van der Waals surface area contributed by atoms with Crippen LogP contribution in [0.4, 0.5) is 5.69 Å². The van der Waals surface area contributed by atoms with Gasteiger partial charge in [-0.05, 0) is 17.7 Å². The van der Waals surface area contributed by atoms with Gasteiger partial charge in [-0.1, -0.05) is 48.0 Å². The zero-order valence-electron chi connectivity index (χ0n) is 9.06. The summed E-state index contributed by atoms with van der Waals surface area (Å²) in [5, 5.41) is 0.611. The van der Waals surface area contributed by atoms with Crippen LogP contribution in [0.25, 0.3) is 4.85 Å². The van der Waals surface area contributed by atoms with Crippen molar-refractivity contribution < 1.29 is 0 Å². The number of hydrogen-bond donors (Lipinski definition) is 0. The van der Waals surface area contributed by atoms with E-state index in [9.17, 15) is 0 Å². The van der Waals surface area contributed by atoms with Gasteiger partial charge in [-0.3, -0.25) is 0 Å². The second-order valence-corrected chi connectivity index (χ2v) is 4.95. The highest BCUT2D eigenvalue weighted by atomic mass is 35.5. The maximum absolute atomic E-state index is 7.12. The minimum absolute atomic E-state index is 0.611. The lowest BCUT2D eigenvalue weighted by Gasteiger charge is -2.04. The van der Waals surface area contributed by atoms with Gasteiger partial charge in [0.15, 0.2) is 0 Å². The first-order valence-electron chi connectivity index (χ1n) is 5.13. The fourth-order valence-corrected chi connectivity index (χ4v) is 2.53. The molecule has 2 rings (SSSR count). The maximum atomic E-state index is 7.12. The Morgan fingerprint density at radius 3 is 2.59 bits per heavy atom. The number of nitrogens with zero attached hydrogens (tertiary/aromatic N) is 1. The first-order chi connectivity index (χ1) is 8.29. The van der Waals surface area contributed by atoms with Crippen molar-refractivity contribution in [3.8, 4) is 0 Å². The summed E-state index contributed by atoms with van der Waals surface area (Å²) >= 11 is 7.52. The standard InChI is InChI=1S/C14H10ClNS/c1-16-13-9-12(15)7-8-14(13)17-10-11-5-3-2-4-6-11/h2-9H,10H2. The van der Waals surface area contributed by atoms with Gasteiger partial charge < -0.3 is 0 Å². The average molecular weight is 260 g/mol. The van der Waals surface area contributed by atoms with E-state index in [-0.39, 0.29) is 0 Å². The third kappa shape index (κ3) is 3.26. The molecular weight excluding hydrogens is 250 g/mol. The van der Waals surface area contributed by atoms with Crippen molar-refractivity contribution in [3.63, 3.8) is 0 Å². The average Bonchev–Trinajstić information content (AvgIpc) is 2.38. The number of benzene rings is 2. The van der Waals surface area contributed by atoms with Gasteiger partial charge in [0.1, 0.15) is 0 Å². The second kappa shape index (κ2) is 5.77. The molecule has 0 heterocycles. The number of rotatable bonds is 3. The summed E-state index contributed by atoms with van der Waals surface area (Å²) in [5.41, 5.74) is 1.88. The third-order valence-electron chi connectivity index (χ3n) is 2.28. The predicted octanol–water partition coefficient (Wildman–Crippen LogP) is 5.18. The molecule has 0 aliphatic carbocycles. The molecule has 0 aliphatic heterocycles. The fraction of sp³-hybridized carbons (Fsp3) is 0.0714. The highest BCUT2D eigenvalue weighted by molar-refractivity contribution is 7.98. The lowest BCUT2D eigenvalue weighted by atomic mass is 10.2. The maximum Gasteiger partial charge on any atom is 0.201 e. The molecular formula is C14H10ClNS. The second-order valence-electron chi connectivity index (χ2n) is 3.50. The van der Waals surface area contributed by atoms with E-state index in [4.69, 9.17) is 18.2 Å². The molecule has 2 aromatic rings. The first-order valence-corrected chi connectivity index (χ1v) is 6.49. The SMILES string of the molecule is [C-]#[N+]c1cc(Cl)ccc1SCc1ccccc1. The molecule has 0 N–H and O–H groups in total. The molecule has 0 fully saturated rings. The van der Waals surface area contributed by atoms with Crippen LogP contribution in [0.2, 0.25) is 5.02 Å². The van der Waals surface area contributed by atoms with Crippen molar-refractivity contribution in [2.24, 2.45) is 0 Å². The van der Waals surface area contributed by atoms with Crippen LogP contribution in [-0.2, 0) is 5.75 Å². The molecule has 0 aromatic heterocycles. The van der Waals surface area contributed by atoms with E-state index in [1.807, 2.05) is 30.3 Å². The Hall–Kier alpha value is -1.43. The predicted molar refractivity (Wildman–Crippen MR) is 73.7 cm³/mol. The van der Waals surface area contributed by atoms with Crippen LogP contribution in [-0.4, -0.2) is 0 Å². The zero-order chi connectivity index (χ0) is 12.1. The van der Waals surface area contributed by atoms with Gasteiger partial charge in [0.25, 0.3) is 0 Å². The van der Waals surface area contributed by atoms with E-state index in [0.29, 0.717) is 10.7 Å². The van der Waals surface area contributed by atoms with Crippen LogP contribution < -0.4 is 0 Å². The van der Waals surface area contributed by atoms with Gasteiger partial charge in [-0.2, -0.15) is 0 Å². The van der Waals surface area contributed by atoms with Crippen molar-refractivity contribution in [2.75, 3.05) is 0 Å². The molecule has 84 valence electrons. The molecule has 0 aliphatic rings. The topological polar surface area (TPSA) is 4.36 Å². The number of hydrogen-bond acceptors (Lipinski definition) is 1. The number of halogens is 1. The van der Waals surface area contributed by atoms with Crippen molar-refractivity contribution in [1.82, 2.24) is 0 Å². The molecule has 0 spiro atoms. The van der Waals surface area contributed by atoms with Crippen LogP contribution in [0.1, 0.15) is 5.56 Å². The third-order valence-corrected chi connectivity index (χ3v) is 3.65. The molecule has 0 unspecified atom stereocenters. The monoisotopic (exact) mass is 259 g/mol. The van der Waals surface area contributed by atoms with Gasteiger partial charge in [-0.15, -0.1) is 11.8 Å². The molecule has 0 atom stereocenters. The summed E-state index contributed by atoms with van der Waals surface area (Å²) < 4.78 is 0. The lowest BCUT2D eigenvalue weighted by Crippen LogP contribution is -1.79. The minimum Gasteiger partial charge on any atom is -0.237 e.